The average Bonchev–Trinajstić information content (AvgIpc) is 2.17. The third-order valence-electron chi connectivity index (χ3n) is 2.06. The van der Waals surface area contributed by atoms with Crippen molar-refractivity contribution in [1.82, 2.24) is 10.6 Å². The molecule has 0 aliphatic rings. The fourth-order valence-corrected chi connectivity index (χ4v) is 1.23. The van der Waals surface area contributed by atoms with Crippen LogP contribution in [0.15, 0.2) is 0 Å². The highest BCUT2D eigenvalue weighted by Gasteiger charge is 2.16. The van der Waals surface area contributed by atoms with Gasteiger partial charge in [0.1, 0.15) is 6.04 Å². The standard InChI is InChI=1S/C10H20N2O4/c1-4-5-8(6-16-3)12-10(15)11-7(2)9(13)14/h7-8H,4-6H2,1-3H3,(H,13,14)(H2,11,12,15)/t7-,8?/m1/s1. The van der Waals surface area contributed by atoms with Crippen LogP contribution in [0, 0.1) is 0 Å². The van der Waals surface area contributed by atoms with Crippen molar-refractivity contribution in [2.75, 3.05) is 13.7 Å². The highest BCUT2D eigenvalue weighted by molar-refractivity contribution is 5.82. The quantitative estimate of drug-likeness (QED) is 0.599. The number of methoxy groups -OCH3 is 1. The van der Waals surface area contributed by atoms with Gasteiger partial charge in [0.15, 0.2) is 0 Å². The summed E-state index contributed by atoms with van der Waals surface area (Å²) >= 11 is 0. The average molecular weight is 232 g/mol. The van der Waals surface area contributed by atoms with Crippen LogP contribution in [0.3, 0.4) is 0 Å². The molecule has 0 aromatic carbocycles. The fraction of sp³-hybridized carbons (Fsp3) is 0.800. The summed E-state index contributed by atoms with van der Waals surface area (Å²) in [6, 6.07) is -1.47. The lowest BCUT2D eigenvalue weighted by Crippen LogP contribution is -2.49. The summed E-state index contributed by atoms with van der Waals surface area (Å²) in [5, 5.41) is 13.6. The second kappa shape index (κ2) is 7.92. The number of carbonyl (C=O) groups excluding carboxylic acids is 1. The molecular formula is C10H20N2O4. The number of aliphatic carboxylic acids is 1. The van der Waals surface area contributed by atoms with Crippen LogP contribution >= 0.6 is 0 Å². The molecule has 0 bridgehead atoms. The molecule has 0 aromatic heterocycles. The SMILES string of the molecule is CCCC(COC)NC(=O)N[C@H](C)C(=O)O. The third kappa shape index (κ3) is 6.23. The molecule has 0 saturated carbocycles. The first kappa shape index (κ1) is 14.7. The summed E-state index contributed by atoms with van der Waals surface area (Å²) in [4.78, 5) is 21.9. The maximum Gasteiger partial charge on any atom is 0.325 e. The minimum absolute atomic E-state index is 0.0870. The molecule has 0 aliphatic carbocycles. The van der Waals surface area contributed by atoms with Crippen LogP contribution in [0.2, 0.25) is 0 Å². The van der Waals surface area contributed by atoms with Gasteiger partial charge in [-0.1, -0.05) is 13.3 Å². The van der Waals surface area contributed by atoms with E-state index in [2.05, 4.69) is 10.6 Å². The van der Waals surface area contributed by atoms with Crippen molar-refractivity contribution in [2.45, 2.75) is 38.8 Å². The zero-order valence-electron chi connectivity index (χ0n) is 9.95. The summed E-state index contributed by atoms with van der Waals surface area (Å²) < 4.78 is 4.95. The Hall–Kier alpha value is -1.30. The minimum atomic E-state index is -1.06. The molecule has 94 valence electrons. The summed E-state index contributed by atoms with van der Waals surface area (Å²) in [5.74, 6) is -1.06. The molecule has 2 atom stereocenters. The molecule has 0 aromatic rings. The molecule has 0 aliphatic heterocycles. The zero-order valence-corrected chi connectivity index (χ0v) is 9.95. The Morgan fingerprint density at radius 3 is 2.44 bits per heavy atom. The van der Waals surface area contributed by atoms with Gasteiger partial charge in [0.25, 0.3) is 0 Å². The number of hydrogen-bond acceptors (Lipinski definition) is 3. The molecule has 0 rings (SSSR count). The molecule has 3 N–H and O–H groups in total. The maximum absolute atomic E-state index is 11.4. The van der Waals surface area contributed by atoms with E-state index in [0.29, 0.717) is 6.61 Å². The van der Waals surface area contributed by atoms with Gasteiger partial charge in [0.2, 0.25) is 0 Å². The molecule has 0 radical (unpaired) electrons. The molecule has 2 amide bonds. The summed E-state index contributed by atoms with van der Waals surface area (Å²) in [5.41, 5.74) is 0. The van der Waals surface area contributed by atoms with Crippen LogP contribution in [0.5, 0.6) is 0 Å². The Kier molecular flexibility index (Phi) is 7.28. The Bertz CT molecular complexity index is 227. The van der Waals surface area contributed by atoms with Crippen molar-refractivity contribution in [1.29, 1.82) is 0 Å². The molecule has 0 heterocycles. The van der Waals surface area contributed by atoms with Crippen LogP contribution in [0.4, 0.5) is 4.79 Å². The minimum Gasteiger partial charge on any atom is -0.480 e. The van der Waals surface area contributed by atoms with Crippen molar-refractivity contribution >= 4 is 12.0 Å². The van der Waals surface area contributed by atoms with Gasteiger partial charge in [0, 0.05) is 7.11 Å². The monoisotopic (exact) mass is 232 g/mol. The summed E-state index contributed by atoms with van der Waals surface area (Å²) in [7, 11) is 1.56. The molecule has 6 nitrogen and oxygen atoms in total. The maximum atomic E-state index is 11.4. The normalized spacial score (nSPS) is 13.9. The van der Waals surface area contributed by atoms with Crippen LogP contribution in [0.25, 0.3) is 0 Å². The topological polar surface area (TPSA) is 87.7 Å². The summed E-state index contributed by atoms with van der Waals surface area (Å²) in [6.45, 7) is 3.83. The van der Waals surface area contributed by atoms with Crippen LogP contribution in [-0.2, 0) is 9.53 Å². The number of nitrogens with one attached hydrogen (secondary N) is 2. The second-order valence-corrected chi connectivity index (χ2v) is 3.62. The van der Waals surface area contributed by atoms with Gasteiger partial charge >= 0.3 is 12.0 Å². The third-order valence-corrected chi connectivity index (χ3v) is 2.06. The first-order valence-electron chi connectivity index (χ1n) is 5.30. The summed E-state index contributed by atoms with van der Waals surface area (Å²) in [6.07, 6.45) is 1.71. The van der Waals surface area contributed by atoms with Crippen molar-refractivity contribution in [3.8, 4) is 0 Å². The Labute approximate surface area is 95.4 Å². The van der Waals surface area contributed by atoms with Crippen molar-refractivity contribution in [3.63, 3.8) is 0 Å². The number of ether oxygens (including phenoxy) is 1. The van der Waals surface area contributed by atoms with Gasteiger partial charge < -0.3 is 20.5 Å². The van der Waals surface area contributed by atoms with Gasteiger partial charge in [-0.2, -0.15) is 0 Å². The van der Waals surface area contributed by atoms with Gasteiger partial charge in [-0.05, 0) is 13.3 Å². The van der Waals surface area contributed by atoms with E-state index >= 15 is 0 Å². The van der Waals surface area contributed by atoms with Gasteiger partial charge in [-0.3, -0.25) is 4.79 Å². The highest BCUT2D eigenvalue weighted by Crippen LogP contribution is 1.97. The predicted molar refractivity (Wildman–Crippen MR) is 59.3 cm³/mol. The number of carbonyl (C=O) groups is 2. The smallest absolute Gasteiger partial charge is 0.325 e. The van der Waals surface area contributed by atoms with Crippen LogP contribution in [0.1, 0.15) is 26.7 Å². The zero-order chi connectivity index (χ0) is 12.6. The fourth-order valence-electron chi connectivity index (χ4n) is 1.23. The lowest BCUT2D eigenvalue weighted by atomic mass is 10.2. The van der Waals surface area contributed by atoms with E-state index < -0.39 is 18.0 Å². The molecule has 0 fully saturated rings. The molecule has 0 saturated heterocycles. The number of carboxylic acid groups (broad SMARTS) is 1. The number of urea groups is 1. The van der Waals surface area contributed by atoms with Gasteiger partial charge in [0.05, 0.1) is 12.6 Å². The van der Waals surface area contributed by atoms with E-state index in [4.69, 9.17) is 9.84 Å². The lowest BCUT2D eigenvalue weighted by molar-refractivity contribution is -0.138. The van der Waals surface area contributed by atoms with Crippen LogP contribution in [-0.4, -0.2) is 42.9 Å². The number of hydrogen-bond donors (Lipinski definition) is 3. The van der Waals surface area contributed by atoms with Gasteiger partial charge in [-0.15, -0.1) is 0 Å². The molecular weight excluding hydrogens is 212 g/mol. The van der Waals surface area contributed by atoms with E-state index in [1.54, 1.807) is 7.11 Å². The van der Waals surface area contributed by atoms with E-state index in [1.165, 1.54) is 6.92 Å². The van der Waals surface area contributed by atoms with Crippen molar-refractivity contribution in [2.24, 2.45) is 0 Å². The first-order chi connectivity index (χ1) is 7.51. The van der Waals surface area contributed by atoms with Crippen LogP contribution < -0.4 is 10.6 Å². The Morgan fingerprint density at radius 2 is 2.00 bits per heavy atom. The van der Waals surface area contributed by atoms with Crippen molar-refractivity contribution in [3.05, 3.63) is 0 Å². The van der Waals surface area contributed by atoms with E-state index in [9.17, 15) is 9.59 Å². The molecule has 1 unspecified atom stereocenters. The number of rotatable bonds is 7. The Morgan fingerprint density at radius 1 is 1.38 bits per heavy atom. The highest BCUT2D eigenvalue weighted by atomic mass is 16.5. The number of amides is 2. The van der Waals surface area contributed by atoms with E-state index in [0.717, 1.165) is 12.8 Å². The van der Waals surface area contributed by atoms with Gasteiger partial charge in [-0.25, -0.2) is 4.79 Å². The Balaban J connectivity index is 4.03. The predicted octanol–water partition coefficient (Wildman–Crippen LogP) is 0.574. The van der Waals surface area contributed by atoms with Crippen molar-refractivity contribution < 1.29 is 19.4 Å². The molecule has 6 heteroatoms. The molecule has 16 heavy (non-hydrogen) atoms. The first-order valence-corrected chi connectivity index (χ1v) is 5.30. The molecule has 0 spiro atoms. The van der Waals surface area contributed by atoms with E-state index in [-0.39, 0.29) is 6.04 Å². The largest absolute Gasteiger partial charge is 0.480 e. The second-order valence-electron chi connectivity index (χ2n) is 3.62. The van der Waals surface area contributed by atoms with E-state index in [1.807, 2.05) is 6.92 Å². The lowest BCUT2D eigenvalue weighted by Gasteiger charge is -2.18. The number of carboxylic acids is 1.